The normalized spacial score (nSPS) is 20.2. The first-order valence-electron chi connectivity index (χ1n) is 6.00. The minimum Gasteiger partial charge on any atom is -0.332 e. The van der Waals surface area contributed by atoms with Crippen molar-refractivity contribution in [3.8, 4) is 0 Å². The van der Waals surface area contributed by atoms with E-state index in [1.807, 2.05) is 0 Å². The van der Waals surface area contributed by atoms with Gasteiger partial charge in [0.25, 0.3) is 0 Å². The van der Waals surface area contributed by atoms with Gasteiger partial charge in [-0.05, 0) is 13.5 Å². The maximum Gasteiger partial charge on any atom is 0.406 e. The van der Waals surface area contributed by atoms with Crippen molar-refractivity contribution in [2.24, 2.45) is 0 Å². The maximum absolute atomic E-state index is 12.3. The molecule has 1 saturated heterocycles. The second-order valence-corrected chi connectivity index (χ2v) is 5.21. The van der Waals surface area contributed by atoms with Gasteiger partial charge in [-0.25, -0.2) is 0 Å². The summed E-state index contributed by atoms with van der Waals surface area (Å²) in [5.41, 5.74) is 0. The molecule has 1 atom stereocenters. The van der Waals surface area contributed by atoms with Gasteiger partial charge in [0, 0.05) is 12.7 Å². The van der Waals surface area contributed by atoms with E-state index in [2.05, 4.69) is 5.10 Å². The Morgan fingerprint density at radius 1 is 1.55 bits per heavy atom. The third-order valence-corrected chi connectivity index (χ3v) is 3.34. The van der Waals surface area contributed by atoms with Gasteiger partial charge in [-0.2, -0.15) is 18.3 Å². The summed E-state index contributed by atoms with van der Waals surface area (Å²) in [5.74, 6) is -0.497. The Morgan fingerprint density at radius 2 is 2.25 bits per heavy atom. The fraction of sp³-hybridized carbons (Fsp3) is 0.636. The quantitative estimate of drug-likeness (QED) is 0.848. The zero-order valence-electron chi connectivity index (χ0n) is 10.8. The van der Waals surface area contributed by atoms with Crippen molar-refractivity contribution >= 4 is 17.5 Å². The molecule has 112 valence electrons. The molecule has 0 bridgehead atoms. The van der Waals surface area contributed by atoms with Crippen molar-refractivity contribution in [2.75, 3.05) is 20.1 Å². The lowest BCUT2D eigenvalue weighted by Crippen LogP contribution is -2.43. The topological polar surface area (TPSA) is 41.4 Å². The second kappa shape index (κ2) is 5.61. The number of nitrogens with zero attached hydrogens (tertiary/aromatic N) is 4. The lowest BCUT2D eigenvalue weighted by Gasteiger charge is -2.24. The number of hydrogen-bond acceptors (Lipinski definition) is 3. The summed E-state index contributed by atoms with van der Waals surface area (Å²) >= 11 is 5.73. The first-order chi connectivity index (χ1) is 9.26. The Bertz CT molecular complexity index is 490. The number of alkyl halides is 3. The van der Waals surface area contributed by atoms with Gasteiger partial charge in [0.2, 0.25) is 5.91 Å². The van der Waals surface area contributed by atoms with E-state index in [9.17, 15) is 18.0 Å². The molecular formula is C11H14ClF3N4O. The summed E-state index contributed by atoms with van der Waals surface area (Å²) < 4.78 is 38.5. The first-order valence-corrected chi connectivity index (χ1v) is 6.38. The number of likely N-dealkylation sites (tertiary alicyclic amines) is 1. The molecule has 0 N–H and O–H groups in total. The minimum absolute atomic E-state index is 0.118. The Morgan fingerprint density at radius 3 is 2.80 bits per heavy atom. The van der Waals surface area contributed by atoms with E-state index in [0.29, 0.717) is 18.1 Å². The predicted molar refractivity (Wildman–Crippen MR) is 66.0 cm³/mol. The van der Waals surface area contributed by atoms with Crippen LogP contribution >= 0.6 is 11.6 Å². The van der Waals surface area contributed by atoms with Crippen LogP contribution in [-0.2, 0) is 11.5 Å². The van der Waals surface area contributed by atoms with Crippen LogP contribution in [0.3, 0.4) is 0 Å². The van der Waals surface area contributed by atoms with Gasteiger partial charge in [-0.3, -0.25) is 14.4 Å². The fourth-order valence-corrected chi connectivity index (χ4v) is 2.40. The molecule has 5 nitrogen and oxygen atoms in total. The van der Waals surface area contributed by atoms with Crippen LogP contribution in [-0.4, -0.2) is 57.8 Å². The highest BCUT2D eigenvalue weighted by Crippen LogP contribution is 2.23. The van der Waals surface area contributed by atoms with E-state index in [-0.39, 0.29) is 6.54 Å². The molecule has 1 aromatic heterocycles. The standard InChI is InChI=1S/C11H14ClF3N4O/c1-17(7-19-5-8(12)4-16-19)9-2-3-18(10(9)20)6-11(13,14)15/h4-5,9H,2-3,6-7H2,1H3/t9-/m1/s1. The van der Waals surface area contributed by atoms with Crippen molar-refractivity contribution in [3.63, 3.8) is 0 Å². The lowest BCUT2D eigenvalue weighted by molar-refractivity contribution is -0.159. The van der Waals surface area contributed by atoms with Crippen molar-refractivity contribution < 1.29 is 18.0 Å². The van der Waals surface area contributed by atoms with E-state index in [4.69, 9.17) is 11.6 Å². The lowest BCUT2D eigenvalue weighted by atomic mass is 10.2. The molecule has 0 radical (unpaired) electrons. The second-order valence-electron chi connectivity index (χ2n) is 4.78. The summed E-state index contributed by atoms with van der Waals surface area (Å²) in [5, 5.41) is 4.44. The van der Waals surface area contributed by atoms with Crippen molar-refractivity contribution in [1.82, 2.24) is 19.6 Å². The summed E-state index contributed by atoms with van der Waals surface area (Å²) in [6.45, 7) is -0.778. The van der Waals surface area contributed by atoms with Crippen LogP contribution in [0.25, 0.3) is 0 Å². The highest BCUT2D eigenvalue weighted by molar-refractivity contribution is 6.30. The van der Waals surface area contributed by atoms with E-state index >= 15 is 0 Å². The zero-order valence-corrected chi connectivity index (χ0v) is 11.5. The third-order valence-electron chi connectivity index (χ3n) is 3.14. The fourth-order valence-electron chi connectivity index (χ4n) is 2.25. The number of carbonyl (C=O) groups is 1. The minimum atomic E-state index is -4.36. The Labute approximate surface area is 118 Å². The Balaban J connectivity index is 1.95. The molecule has 1 aliphatic heterocycles. The van der Waals surface area contributed by atoms with Crippen LogP contribution in [0, 0.1) is 0 Å². The Hall–Kier alpha value is -1.28. The highest BCUT2D eigenvalue weighted by Gasteiger charge is 2.40. The van der Waals surface area contributed by atoms with Gasteiger partial charge < -0.3 is 4.90 Å². The van der Waals surface area contributed by atoms with E-state index < -0.39 is 24.7 Å². The summed E-state index contributed by atoms with van der Waals surface area (Å²) in [6.07, 6.45) is -0.939. The number of aromatic nitrogens is 2. The zero-order chi connectivity index (χ0) is 14.9. The van der Waals surface area contributed by atoms with Gasteiger partial charge in [-0.15, -0.1) is 0 Å². The number of likely N-dealkylation sites (N-methyl/N-ethyl adjacent to an activating group) is 1. The summed E-state index contributed by atoms with van der Waals surface area (Å²) in [4.78, 5) is 14.5. The molecule has 2 rings (SSSR count). The van der Waals surface area contributed by atoms with Crippen LogP contribution in [0.1, 0.15) is 6.42 Å². The molecule has 1 fully saturated rings. The van der Waals surface area contributed by atoms with E-state index in [0.717, 1.165) is 4.90 Å². The predicted octanol–water partition coefficient (Wildman–Crippen LogP) is 1.59. The van der Waals surface area contributed by atoms with Gasteiger partial charge in [0.1, 0.15) is 6.54 Å². The van der Waals surface area contributed by atoms with Crippen molar-refractivity contribution in [3.05, 3.63) is 17.4 Å². The number of hydrogen-bond donors (Lipinski definition) is 0. The first kappa shape index (κ1) is 15.1. The molecular weight excluding hydrogens is 297 g/mol. The molecule has 1 aliphatic rings. The molecule has 0 aromatic carbocycles. The highest BCUT2D eigenvalue weighted by atomic mass is 35.5. The van der Waals surface area contributed by atoms with Gasteiger partial charge in [0.15, 0.2) is 0 Å². The molecule has 0 unspecified atom stereocenters. The van der Waals surface area contributed by atoms with Crippen LogP contribution in [0.2, 0.25) is 5.02 Å². The molecule has 1 amide bonds. The third kappa shape index (κ3) is 3.63. The SMILES string of the molecule is CN(Cn1cc(Cl)cn1)[C@@H]1CCN(CC(F)(F)F)C1=O. The molecule has 9 heteroatoms. The molecule has 20 heavy (non-hydrogen) atoms. The Kier molecular flexibility index (Phi) is 4.24. The molecule has 0 aliphatic carbocycles. The molecule has 1 aromatic rings. The van der Waals surface area contributed by atoms with E-state index in [1.165, 1.54) is 10.9 Å². The number of amides is 1. The smallest absolute Gasteiger partial charge is 0.332 e. The summed E-state index contributed by atoms with van der Waals surface area (Å²) in [7, 11) is 1.68. The van der Waals surface area contributed by atoms with Crippen LogP contribution in [0.5, 0.6) is 0 Å². The molecule has 0 spiro atoms. The number of halogens is 4. The van der Waals surface area contributed by atoms with Crippen LogP contribution in [0.4, 0.5) is 13.2 Å². The largest absolute Gasteiger partial charge is 0.406 e. The molecule has 0 saturated carbocycles. The van der Waals surface area contributed by atoms with Crippen molar-refractivity contribution in [1.29, 1.82) is 0 Å². The molecule has 2 heterocycles. The van der Waals surface area contributed by atoms with Crippen LogP contribution < -0.4 is 0 Å². The number of carbonyl (C=O) groups excluding carboxylic acids is 1. The maximum atomic E-state index is 12.3. The average Bonchev–Trinajstić information content (AvgIpc) is 2.85. The number of rotatable bonds is 4. The summed E-state index contributed by atoms with van der Waals surface area (Å²) in [6, 6.07) is -0.555. The van der Waals surface area contributed by atoms with Gasteiger partial charge in [-0.1, -0.05) is 11.6 Å². The van der Waals surface area contributed by atoms with Gasteiger partial charge in [0.05, 0.1) is 23.9 Å². The van der Waals surface area contributed by atoms with Crippen molar-refractivity contribution in [2.45, 2.75) is 25.3 Å². The van der Waals surface area contributed by atoms with Gasteiger partial charge >= 0.3 is 6.18 Å². The average molecular weight is 311 g/mol. The monoisotopic (exact) mass is 310 g/mol. The van der Waals surface area contributed by atoms with E-state index in [1.54, 1.807) is 18.1 Å². The van der Waals surface area contributed by atoms with Crippen LogP contribution in [0.15, 0.2) is 12.4 Å².